The number of nitrogens with zero attached hydrogens (tertiary/aromatic N) is 1. The minimum atomic E-state index is -1.18. The van der Waals surface area contributed by atoms with Gasteiger partial charge in [-0.3, -0.25) is 24.1 Å². The van der Waals surface area contributed by atoms with E-state index in [1.165, 1.54) is 6.92 Å². The van der Waals surface area contributed by atoms with Crippen LogP contribution in [0.1, 0.15) is 57.9 Å². The van der Waals surface area contributed by atoms with Crippen LogP contribution in [-0.4, -0.2) is 104 Å². The molecular weight excluding hydrogens is 566 g/mol. The van der Waals surface area contributed by atoms with Gasteiger partial charge in [-0.25, -0.2) is 0 Å². The van der Waals surface area contributed by atoms with Gasteiger partial charge in [-0.2, -0.15) is 0 Å². The molecular formula is C33H47N3O8. The van der Waals surface area contributed by atoms with Crippen LogP contribution in [0.4, 0.5) is 0 Å². The van der Waals surface area contributed by atoms with Crippen LogP contribution in [0.15, 0.2) is 35.9 Å². The van der Waals surface area contributed by atoms with Crippen molar-refractivity contribution in [1.82, 2.24) is 15.5 Å². The first-order valence-corrected chi connectivity index (χ1v) is 15.7. The molecule has 3 aliphatic rings. The molecule has 0 aromatic heterocycles. The zero-order valence-corrected chi connectivity index (χ0v) is 26.1. The average molecular weight is 614 g/mol. The first-order chi connectivity index (χ1) is 21.1. The Morgan fingerprint density at radius 1 is 1.07 bits per heavy atom. The minimum absolute atomic E-state index is 0.0795. The summed E-state index contributed by atoms with van der Waals surface area (Å²) < 4.78 is 16.0. The number of ether oxygens (including phenoxy) is 3. The number of morpholine rings is 1. The topological polar surface area (TPSA) is 147 Å². The molecule has 1 aromatic carbocycles. The largest absolute Gasteiger partial charge is 0.497 e. The maximum atomic E-state index is 13.9. The second-order valence-corrected chi connectivity index (χ2v) is 12.4. The summed E-state index contributed by atoms with van der Waals surface area (Å²) in [7, 11) is 1.57. The number of carbonyl (C=O) groups excluding carboxylic acids is 4. The SMILES string of the molecule is COc1ccc(C[C@H](CC(=O)[C@@H](NC(=O)CN2CCOCC2)[C@H](C)O)C(=O)N[C@@H](CC2=CCCCC2)C(=O)[C@@]2(C)CO2)cc1. The summed E-state index contributed by atoms with van der Waals surface area (Å²) in [6.07, 6.45) is 5.35. The molecule has 2 fully saturated rings. The van der Waals surface area contributed by atoms with E-state index in [1.807, 2.05) is 17.0 Å². The molecule has 242 valence electrons. The summed E-state index contributed by atoms with van der Waals surface area (Å²) >= 11 is 0. The number of nitrogens with one attached hydrogen (secondary N) is 2. The number of hydrogen-bond acceptors (Lipinski definition) is 9. The van der Waals surface area contributed by atoms with Crippen LogP contribution >= 0.6 is 0 Å². The van der Waals surface area contributed by atoms with E-state index in [0.29, 0.717) is 45.1 Å². The van der Waals surface area contributed by atoms with Crippen LogP contribution in [-0.2, 0) is 35.1 Å². The van der Waals surface area contributed by atoms with Crippen LogP contribution in [0.2, 0.25) is 0 Å². The number of ketones is 2. The number of allylic oxidation sites excluding steroid dienone is 1. The van der Waals surface area contributed by atoms with Gasteiger partial charge in [-0.05, 0) is 70.1 Å². The number of rotatable bonds is 16. The Labute approximate surface area is 259 Å². The summed E-state index contributed by atoms with van der Waals surface area (Å²) in [5.74, 6) is -1.64. The van der Waals surface area contributed by atoms with Crippen LogP contribution in [0.3, 0.4) is 0 Å². The van der Waals surface area contributed by atoms with E-state index in [0.717, 1.165) is 36.8 Å². The maximum absolute atomic E-state index is 13.9. The van der Waals surface area contributed by atoms with E-state index >= 15 is 0 Å². The lowest BCUT2D eigenvalue weighted by atomic mass is 9.87. The highest BCUT2D eigenvalue weighted by Gasteiger charge is 2.50. The molecule has 0 radical (unpaired) electrons. The van der Waals surface area contributed by atoms with Crippen molar-refractivity contribution >= 4 is 23.4 Å². The molecule has 2 amide bonds. The molecule has 1 aromatic rings. The van der Waals surface area contributed by atoms with Crippen molar-refractivity contribution in [3.05, 3.63) is 41.5 Å². The van der Waals surface area contributed by atoms with Crippen molar-refractivity contribution in [2.24, 2.45) is 5.92 Å². The van der Waals surface area contributed by atoms with E-state index in [1.54, 1.807) is 26.2 Å². The van der Waals surface area contributed by atoms with E-state index in [4.69, 9.17) is 14.2 Å². The van der Waals surface area contributed by atoms with Crippen LogP contribution in [0, 0.1) is 5.92 Å². The van der Waals surface area contributed by atoms with Crippen molar-refractivity contribution in [2.45, 2.75) is 82.6 Å². The number of Topliss-reactive ketones (excluding diaryl/α,β-unsaturated/α-hetero) is 2. The Morgan fingerprint density at radius 3 is 2.36 bits per heavy atom. The van der Waals surface area contributed by atoms with Gasteiger partial charge < -0.3 is 30.0 Å². The van der Waals surface area contributed by atoms with Gasteiger partial charge >= 0.3 is 0 Å². The van der Waals surface area contributed by atoms with Gasteiger partial charge in [-0.1, -0.05) is 23.8 Å². The Hall–Kier alpha value is -3.12. The molecule has 0 bridgehead atoms. The maximum Gasteiger partial charge on any atom is 0.234 e. The summed E-state index contributed by atoms with van der Waals surface area (Å²) in [5.41, 5.74) is 1.02. The van der Waals surface area contributed by atoms with Gasteiger partial charge in [0.15, 0.2) is 11.6 Å². The number of carbonyl (C=O) groups is 4. The van der Waals surface area contributed by atoms with Gasteiger partial charge in [0.2, 0.25) is 11.8 Å². The molecule has 3 N–H and O–H groups in total. The van der Waals surface area contributed by atoms with Crippen molar-refractivity contribution < 1.29 is 38.5 Å². The fraction of sp³-hybridized carbons (Fsp3) is 0.636. The molecule has 11 nitrogen and oxygen atoms in total. The molecule has 1 aliphatic carbocycles. The van der Waals surface area contributed by atoms with Gasteiger partial charge in [-0.15, -0.1) is 0 Å². The minimum Gasteiger partial charge on any atom is -0.497 e. The van der Waals surface area contributed by atoms with Gasteiger partial charge in [0.25, 0.3) is 0 Å². The number of amides is 2. The predicted octanol–water partition coefficient (Wildman–Crippen LogP) is 1.74. The lowest BCUT2D eigenvalue weighted by Gasteiger charge is -2.28. The van der Waals surface area contributed by atoms with Crippen molar-refractivity contribution in [3.63, 3.8) is 0 Å². The third kappa shape index (κ3) is 9.69. The van der Waals surface area contributed by atoms with E-state index in [-0.39, 0.29) is 31.1 Å². The normalized spacial score (nSPS) is 23.0. The van der Waals surface area contributed by atoms with E-state index in [2.05, 4.69) is 16.7 Å². The number of aliphatic hydroxyl groups is 1. The molecule has 0 spiro atoms. The number of methoxy groups -OCH3 is 1. The number of epoxide rings is 1. The van der Waals surface area contributed by atoms with Gasteiger partial charge in [0, 0.05) is 25.4 Å². The Bertz CT molecular complexity index is 1190. The Kier molecular flexibility index (Phi) is 12.1. The summed E-state index contributed by atoms with van der Waals surface area (Å²) in [6, 6.07) is 5.25. The first-order valence-electron chi connectivity index (χ1n) is 15.7. The van der Waals surface area contributed by atoms with Gasteiger partial charge in [0.1, 0.15) is 17.4 Å². The summed E-state index contributed by atoms with van der Waals surface area (Å²) in [4.78, 5) is 55.7. The molecule has 44 heavy (non-hydrogen) atoms. The average Bonchev–Trinajstić information content (AvgIpc) is 3.78. The molecule has 2 saturated heterocycles. The van der Waals surface area contributed by atoms with E-state index in [9.17, 15) is 24.3 Å². The summed E-state index contributed by atoms with van der Waals surface area (Å²) in [5, 5.41) is 16.1. The highest BCUT2D eigenvalue weighted by molar-refractivity contribution is 5.98. The Balaban J connectivity index is 1.50. The van der Waals surface area contributed by atoms with Crippen LogP contribution in [0.5, 0.6) is 5.75 Å². The highest BCUT2D eigenvalue weighted by Crippen LogP contribution is 2.31. The van der Waals surface area contributed by atoms with E-state index < -0.39 is 41.4 Å². The molecule has 2 heterocycles. The predicted molar refractivity (Wildman–Crippen MR) is 163 cm³/mol. The molecule has 2 aliphatic heterocycles. The van der Waals surface area contributed by atoms with Crippen LogP contribution < -0.4 is 15.4 Å². The lowest BCUT2D eigenvalue weighted by Crippen LogP contribution is -2.53. The molecule has 0 saturated carbocycles. The first kappa shape index (κ1) is 33.8. The van der Waals surface area contributed by atoms with Crippen molar-refractivity contribution in [2.75, 3.05) is 46.6 Å². The summed E-state index contributed by atoms with van der Waals surface area (Å²) in [6.45, 7) is 5.83. The molecule has 0 unspecified atom stereocenters. The quantitative estimate of drug-likeness (QED) is 0.187. The van der Waals surface area contributed by atoms with Gasteiger partial charge in [0.05, 0.1) is 45.6 Å². The molecule has 4 rings (SSSR count). The van der Waals surface area contributed by atoms with Crippen LogP contribution in [0.25, 0.3) is 0 Å². The fourth-order valence-corrected chi connectivity index (χ4v) is 5.80. The highest BCUT2D eigenvalue weighted by atomic mass is 16.6. The lowest BCUT2D eigenvalue weighted by molar-refractivity contribution is -0.135. The standard InChI is InChI=1S/C33H47N3O8/c1-22(37)30(35-29(39)20-36-13-15-43-16-14-36)28(38)19-25(17-24-9-11-26(42-3)12-10-24)32(41)34-27(31(40)33(2)21-44-33)18-23-7-5-4-6-8-23/h7,9-12,22,25,27,30,37H,4-6,8,13-21H2,1-3H3,(H,34,41)(H,35,39)/t22-,25+,27-,30-,33+/m0/s1. The monoisotopic (exact) mass is 613 g/mol. The second kappa shape index (κ2) is 15.7. The molecule has 11 heteroatoms. The third-order valence-corrected chi connectivity index (χ3v) is 8.66. The number of hydrogen-bond donors (Lipinski definition) is 3. The van der Waals surface area contributed by atoms with Crippen molar-refractivity contribution in [3.8, 4) is 5.75 Å². The Morgan fingerprint density at radius 2 is 1.77 bits per heavy atom. The zero-order chi connectivity index (χ0) is 31.7. The third-order valence-electron chi connectivity index (χ3n) is 8.66. The number of aliphatic hydroxyl groups excluding tert-OH is 1. The zero-order valence-electron chi connectivity index (χ0n) is 26.1. The number of benzene rings is 1. The fourth-order valence-electron chi connectivity index (χ4n) is 5.80. The van der Waals surface area contributed by atoms with Crippen molar-refractivity contribution in [1.29, 1.82) is 0 Å². The second-order valence-electron chi connectivity index (χ2n) is 12.4. The molecule has 5 atom stereocenters. The smallest absolute Gasteiger partial charge is 0.234 e.